The lowest BCUT2D eigenvalue weighted by Crippen LogP contribution is -3.00. The molecule has 4 rings (SSSR count). The van der Waals surface area contributed by atoms with Gasteiger partial charge in [-0.3, -0.25) is 0 Å². The molecule has 0 saturated carbocycles. The first-order chi connectivity index (χ1) is 11.8. The van der Waals surface area contributed by atoms with Crippen LogP contribution in [-0.4, -0.2) is 26.0 Å². The molecule has 0 saturated heterocycles. The summed E-state index contributed by atoms with van der Waals surface area (Å²) in [4.78, 5) is 3.94. The number of imidazole rings is 1. The molecule has 7 nitrogen and oxygen atoms in total. The number of hydrogen-bond donors (Lipinski definition) is 2. The van der Waals surface area contributed by atoms with Gasteiger partial charge in [0.2, 0.25) is 5.95 Å². The van der Waals surface area contributed by atoms with Gasteiger partial charge in [0.25, 0.3) is 5.65 Å². The molecular formula is C17H16BrN7. The third-order valence-corrected chi connectivity index (χ3v) is 3.84. The molecule has 126 valence electrons. The lowest BCUT2D eigenvalue weighted by Gasteiger charge is -1.99. The van der Waals surface area contributed by atoms with E-state index in [1.807, 2.05) is 24.3 Å². The summed E-state index contributed by atoms with van der Waals surface area (Å²) in [7, 11) is 2.07. The Bertz CT molecular complexity index is 988. The molecule has 0 spiro atoms. The van der Waals surface area contributed by atoms with Gasteiger partial charge in [0.05, 0.1) is 19.5 Å². The van der Waals surface area contributed by atoms with Crippen molar-refractivity contribution in [2.24, 2.45) is 12.1 Å². The quantitative estimate of drug-likeness (QED) is 0.263. The molecule has 3 aromatic heterocycles. The Hall–Kier alpha value is -3.00. The van der Waals surface area contributed by atoms with Crippen LogP contribution in [0.2, 0.25) is 0 Å². The number of rotatable bonds is 4. The van der Waals surface area contributed by atoms with Crippen LogP contribution in [0.1, 0.15) is 5.56 Å². The van der Waals surface area contributed by atoms with Crippen molar-refractivity contribution in [2.75, 3.05) is 5.43 Å². The molecule has 1 aromatic carbocycles. The molecule has 3 heterocycles. The van der Waals surface area contributed by atoms with Crippen LogP contribution in [0.15, 0.2) is 66.3 Å². The zero-order chi connectivity index (χ0) is 16.4. The van der Waals surface area contributed by atoms with Crippen molar-refractivity contribution in [3.05, 3.63) is 66.7 Å². The molecule has 0 aliphatic rings. The maximum atomic E-state index is 4.12. The Kier molecular flexibility index (Phi) is 4.90. The van der Waals surface area contributed by atoms with E-state index in [1.54, 1.807) is 6.21 Å². The number of nitrogens with zero attached hydrogens (tertiary/aromatic N) is 5. The minimum absolute atomic E-state index is 0. The first-order valence-corrected chi connectivity index (χ1v) is 7.52. The minimum Gasteiger partial charge on any atom is -1.00 e. The number of pyridine rings is 1. The van der Waals surface area contributed by atoms with E-state index in [9.17, 15) is 0 Å². The number of fused-ring (bicyclic) bond motifs is 1. The average Bonchev–Trinajstić information content (AvgIpc) is 3.24. The van der Waals surface area contributed by atoms with Crippen LogP contribution in [-0.2, 0) is 7.05 Å². The molecule has 0 amide bonds. The molecule has 0 unspecified atom stereocenters. The Morgan fingerprint density at radius 1 is 1.20 bits per heavy atom. The van der Waals surface area contributed by atoms with Crippen molar-refractivity contribution >= 4 is 17.8 Å². The van der Waals surface area contributed by atoms with E-state index in [2.05, 4.69) is 72.3 Å². The number of halogens is 1. The maximum Gasteiger partial charge on any atom is 0.286 e. The van der Waals surface area contributed by atoms with Gasteiger partial charge in [0.1, 0.15) is 12.5 Å². The summed E-state index contributed by atoms with van der Waals surface area (Å²) in [6.45, 7) is 0. The fourth-order valence-corrected chi connectivity index (χ4v) is 2.62. The van der Waals surface area contributed by atoms with Crippen LogP contribution in [0.5, 0.6) is 0 Å². The summed E-state index contributed by atoms with van der Waals surface area (Å²) in [5.74, 6) is 0.510. The van der Waals surface area contributed by atoms with Crippen LogP contribution in [0.4, 0.5) is 5.95 Å². The SMILES string of the molecule is Cn1c(-c2ccc(/C=N/Nc3ncn[nH]3)cc2)c[n+]2ccccc12.[Br-]. The third-order valence-electron chi connectivity index (χ3n) is 3.84. The van der Waals surface area contributed by atoms with E-state index in [1.165, 1.54) is 6.33 Å². The van der Waals surface area contributed by atoms with Gasteiger partial charge in [-0.25, -0.2) is 19.5 Å². The van der Waals surface area contributed by atoms with E-state index >= 15 is 0 Å². The van der Waals surface area contributed by atoms with Gasteiger partial charge in [-0.1, -0.05) is 18.2 Å². The molecule has 8 heteroatoms. The van der Waals surface area contributed by atoms with Crippen molar-refractivity contribution < 1.29 is 21.4 Å². The Balaban J connectivity index is 0.00000182. The number of anilines is 1. The molecule has 25 heavy (non-hydrogen) atoms. The summed E-state index contributed by atoms with van der Waals surface area (Å²) in [6, 6.07) is 14.4. The van der Waals surface area contributed by atoms with E-state index in [4.69, 9.17) is 0 Å². The van der Waals surface area contributed by atoms with Gasteiger partial charge in [-0.05, 0) is 23.8 Å². The number of H-pyrrole nitrogens is 1. The number of aryl methyl sites for hydroxylation is 1. The highest BCUT2D eigenvalue weighted by molar-refractivity contribution is 5.81. The van der Waals surface area contributed by atoms with Gasteiger partial charge in [0.15, 0.2) is 5.69 Å². The number of hydrazone groups is 1. The standard InChI is InChI=1S/C17H16N7.BrH/c1-23-15(11-24-9-3-2-4-16(23)24)14-7-5-13(6-8-14)10-19-21-17-18-12-20-22-17;/h2-12H,1H3,(H2,18,20,21,22);1H/q+1;/p-1/b19-10+;. The summed E-state index contributed by atoms with van der Waals surface area (Å²) < 4.78 is 4.29. The van der Waals surface area contributed by atoms with E-state index < -0.39 is 0 Å². The van der Waals surface area contributed by atoms with E-state index in [0.29, 0.717) is 5.95 Å². The van der Waals surface area contributed by atoms with Crippen molar-refractivity contribution in [1.29, 1.82) is 0 Å². The van der Waals surface area contributed by atoms with Crippen molar-refractivity contribution in [3.63, 3.8) is 0 Å². The van der Waals surface area contributed by atoms with Crippen LogP contribution in [0.3, 0.4) is 0 Å². The number of hydrogen-bond acceptors (Lipinski definition) is 4. The molecule has 0 aliphatic heterocycles. The van der Waals surface area contributed by atoms with E-state index in [0.717, 1.165) is 22.5 Å². The second-order valence-electron chi connectivity index (χ2n) is 5.37. The van der Waals surface area contributed by atoms with Gasteiger partial charge in [-0.2, -0.15) is 15.2 Å². The van der Waals surface area contributed by atoms with Gasteiger partial charge in [-0.15, -0.1) is 0 Å². The molecular weight excluding hydrogens is 382 g/mol. The Labute approximate surface area is 154 Å². The molecule has 0 bridgehead atoms. The van der Waals surface area contributed by atoms with Crippen molar-refractivity contribution in [3.8, 4) is 11.3 Å². The molecule has 0 atom stereocenters. The smallest absolute Gasteiger partial charge is 0.286 e. The Morgan fingerprint density at radius 3 is 2.76 bits per heavy atom. The largest absolute Gasteiger partial charge is 1.00 e. The van der Waals surface area contributed by atoms with Crippen molar-refractivity contribution in [2.45, 2.75) is 0 Å². The molecule has 4 aromatic rings. The number of aromatic amines is 1. The lowest BCUT2D eigenvalue weighted by atomic mass is 10.1. The molecule has 2 N–H and O–H groups in total. The second kappa shape index (κ2) is 7.27. The van der Waals surface area contributed by atoms with Crippen LogP contribution >= 0.6 is 0 Å². The second-order valence-corrected chi connectivity index (χ2v) is 5.37. The monoisotopic (exact) mass is 397 g/mol. The molecule has 0 fully saturated rings. The normalized spacial score (nSPS) is 10.9. The summed E-state index contributed by atoms with van der Waals surface area (Å²) in [5, 5.41) is 10.5. The number of benzene rings is 1. The van der Waals surface area contributed by atoms with Gasteiger partial charge < -0.3 is 17.0 Å². The number of nitrogens with one attached hydrogen (secondary N) is 2. The average molecular weight is 398 g/mol. The first kappa shape index (κ1) is 16.8. The number of aromatic nitrogens is 5. The van der Waals surface area contributed by atoms with E-state index in [-0.39, 0.29) is 17.0 Å². The Morgan fingerprint density at radius 2 is 2.04 bits per heavy atom. The lowest BCUT2D eigenvalue weighted by molar-refractivity contribution is -0.510. The minimum atomic E-state index is 0. The highest BCUT2D eigenvalue weighted by Crippen LogP contribution is 2.19. The fraction of sp³-hybridized carbons (Fsp3) is 0.0588. The maximum absolute atomic E-state index is 4.12. The van der Waals surface area contributed by atoms with Crippen LogP contribution in [0, 0.1) is 0 Å². The predicted molar refractivity (Wildman–Crippen MR) is 91.6 cm³/mol. The fourth-order valence-electron chi connectivity index (χ4n) is 2.62. The van der Waals surface area contributed by atoms with Gasteiger partial charge >= 0.3 is 0 Å². The summed E-state index contributed by atoms with van der Waals surface area (Å²) in [6.07, 6.45) is 7.34. The zero-order valence-corrected chi connectivity index (χ0v) is 15.1. The summed E-state index contributed by atoms with van der Waals surface area (Å²) in [5.41, 5.74) is 7.24. The third kappa shape index (κ3) is 3.43. The van der Waals surface area contributed by atoms with Crippen LogP contribution in [0.25, 0.3) is 16.9 Å². The van der Waals surface area contributed by atoms with Gasteiger partial charge in [0, 0.05) is 11.6 Å². The van der Waals surface area contributed by atoms with Crippen molar-refractivity contribution in [1.82, 2.24) is 19.7 Å². The topological polar surface area (TPSA) is 75.0 Å². The highest BCUT2D eigenvalue weighted by Gasteiger charge is 2.14. The summed E-state index contributed by atoms with van der Waals surface area (Å²) >= 11 is 0. The first-order valence-electron chi connectivity index (χ1n) is 7.52. The zero-order valence-electron chi connectivity index (χ0n) is 13.5. The predicted octanol–water partition coefficient (Wildman–Crippen LogP) is -1.00. The molecule has 0 aliphatic carbocycles. The van der Waals surface area contributed by atoms with Crippen LogP contribution < -0.4 is 26.8 Å². The highest BCUT2D eigenvalue weighted by atomic mass is 79.9. The molecule has 0 radical (unpaired) electrons.